The molecule has 0 radical (unpaired) electrons. The minimum Gasteiger partial charge on any atom is -0.455 e. The molecule has 50 heavy (non-hydrogen) atoms. The third-order valence-electron chi connectivity index (χ3n) is 10.7. The van der Waals surface area contributed by atoms with Crippen molar-refractivity contribution in [2.24, 2.45) is 0 Å². The molecule has 0 aliphatic heterocycles. The lowest BCUT2D eigenvalue weighted by Crippen LogP contribution is -2.06. The Balaban J connectivity index is 1.17. The molecule has 0 spiro atoms. The van der Waals surface area contributed by atoms with Crippen LogP contribution < -0.4 is 0 Å². The van der Waals surface area contributed by atoms with Gasteiger partial charge in [-0.05, 0) is 92.9 Å². The largest absolute Gasteiger partial charge is 0.455 e. The van der Waals surface area contributed by atoms with Gasteiger partial charge in [-0.2, -0.15) is 0 Å². The van der Waals surface area contributed by atoms with Gasteiger partial charge >= 0.3 is 0 Å². The fourth-order valence-corrected chi connectivity index (χ4v) is 8.40. The molecular formula is C48H30O2. The van der Waals surface area contributed by atoms with Crippen molar-refractivity contribution >= 4 is 54.6 Å². The predicted octanol–water partition coefficient (Wildman–Crippen LogP) is 13.4. The maximum absolute atomic E-state index is 6.93. The van der Waals surface area contributed by atoms with Gasteiger partial charge in [0.2, 0.25) is 0 Å². The second kappa shape index (κ2) is 10.6. The first kappa shape index (κ1) is 27.6. The first-order chi connectivity index (χ1) is 24.8. The molecule has 0 fully saturated rings. The van der Waals surface area contributed by atoms with Gasteiger partial charge in [0.05, 0.1) is 0 Å². The quantitative estimate of drug-likeness (QED) is 0.192. The van der Waals surface area contributed by atoms with E-state index in [1.54, 1.807) is 0 Å². The summed E-state index contributed by atoms with van der Waals surface area (Å²) in [5.41, 5.74) is 16.0. The van der Waals surface area contributed by atoms with Gasteiger partial charge in [0.1, 0.15) is 22.3 Å². The second-order valence-electron chi connectivity index (χ2n) is 13.5. The fourth-order valence-electron chi connectivity index (χ4n) is 8.40. The normalized spacial score (nSPS) is 12.6. The van der Waals surface area contributed by atoms with Crippen LogP contribution in [0.4, 0.5) is 0 Å². The van der Waals surface area contributed by atoms with Crippen molar-refractivity contribution in [3.8, 4) is 44.5 Å². The molecule has 234 valence electrons. The van der Waals surface area contributed by atoms with Crippen LogP contribution in [-0.4, -0.2) is 0 Å². The number of fused-ring (bicyclic) bond motifs is 12. The Bertz CT molecular complexity index is 2960. The van der Waals surface area contributed by atoms with Crippen LogP contribution in [0.2, 0.25) is 0 Å². The Labute approximate surface area is 288 Å². The first-order valence-corrected chi connectivity index (χ1v) is 17.4. The molecule has 0 unspecified atom stereocenters. The molecule has 1 aliphatic carbocycles. The van der Waals surface area contributed by atoms with Gasteiger partial charge in [-0.1, -0.05) is 127 Å². The first-order valence-electron chi connectivity index (χ1n) is 17.4. The molecule has 1 aliphatic rings. The van der Waals surface area contributed by atoms with Gasteiger partial charge in [-0.25, -0.2) is 0 Å². The standard InChI is InChI=1S/C48H30O2/c1-2-11-31(12-3-1)40-28-35-24-25-36-27-39(32-21-18-30(19-22-32)34-23-20-29-10-4-5-13-33(29)26-34)45-37-14-6-8-16-41(37)50-48(45)44(36)43(35)46-38-15-7-9-17-42(38)49-47(40)46/h1-23,26-28H,24-25H2. The summed E-state index contributed by atoms with van der Waals surface area (Å²) in [6, 6.07) is 56.7. The maximum Gasteiger partial charge on any atom is 0.144 e. The molecule has 0 saturated carbocycles. The third kappa shape index (κ3) is 4.02. The molecule has 10 aromatic rings. The summed E-state index contributed by atoms with van der Waals surface area (Å²) >= 11 is 0. The van der Waals surface area contributed by atoms with Gasteiger partial charge in [0, 0.05) is 38.2 Å². The van der Waals surface area contributed by atoms with E-state index in [0.717, 1.165) is 51.5 Å². The monoisotopic (exact) mass is 638 g/mol. The van der Waals surface area contributed by atoms with Crippen LogP contribution in [0.25, 0.3) is 99.2 Å². The van der Waals surface area contributed by atoms with E-state index in [1.165, 1.54) is 71.6 Å². The van der Waals surface area contributed by atoms with Crippen molar-refractivity contribution < 1.29 is 8.83 Å². The van der Waals surface area contributed by atoms with Crippen molar-refractivity contribution in [2.45, 2.75) is 12.8 Å². The van der Waals surface area contributed by atoms with Crippen LogP contribution in [0, 0.1) is 0 Å². The summed E-state index contributed by atoms with van der Waals surface area (Å²) in [6.07, 6.45) is 1.89. The number of hydrogen-bond donors (Lipinski definition) is 0. The van der Waals surface area contributed by atoms with Gasteiger partial charge in [0.15, 0.2) is 0 Å². The van der Waals surface area contributed by atoms with Crippen LogP contribution >= 0.6 is 0 Å². The molecule has 2 heteroatoms. The van der Waals surface area contributed by atoms with Crippen LogP contribution in [-0.2, 0) is 12.8 Å². The number of hydrogen-bond acceptors (Lipinski definition) is 2. The van der Waals surface area contributed by atoms with E-state index in [2.05, 4.69) is 158 Å². The average molecular weight is 639 g/mol. The zero-order chi connectivity index (χ0) is 32.8. The topological polar surface area (TPSA) is 26.3 Å². The van der Waals surface area contributed by atoms with E-state index in [1.807, 2.05) is 0 Å². The predicted molar refractivity (Wildman–Crippen MR) is 208 cm³/mol. The van der Waals surface area contributed by atoms with Crippen LogP contribution in [0.15, 0.2) is 167 Å². The Hall–Kier alpha value is -6.38. The summed E-state index contributed by atoms with van der Waals surface area (Å²) in [7, 11) is 0. The van der Waals surface area contributed by atoms with E-state index < -0.39 is 0 Å². The number of aryl methyl sites for hydroxylation is 2. The van der Waals surface area contributed by atoms with Crippen LogP contribution in [0.5, 0.6) is 0 Å². The molecule has 2 nitrogen and oxygen atoms in total. The molecule has 8 aromatic carbocycles. The van der Waals surface area contributed by atoms with Crippen molar-refractivity contribution in [2.75, 3.05) is 0 Å². The third-order valence-corrected chi connectivity index (χ3v) is 10.7. The summed E-state index contributed by atoms with van der Waals surface area (Å²) < 4.78 is 13.6. The second-order valence-corrected chi connectivity index (χ2v) is 13.5. The molecule has 0 N–H and O–H groups in total. The van der Waals surface area contributed by atoms with Crippen molar-refractivity contribution in [1.29, 1.82) is 0 Å². The Morgan fingerprint density at radius 3 is 1.70 bits per heavy atom. The number of rotatable bonds is 3. The van der Waals surface area contributed by atoms with E-state index in [9.17, 15) is 0 Å². The smallest absolute Gasteiger partial charge is 0.144 e. The summed E-state index contributed by atoms with van der Waals surface area (Å²) in [5.74, 6) is 0. The molecule has 2 aromatic heterocycles. The van der Waals surface area contributed by atoms with Gasteiger partial charge < -0.3 is 8.83 Å². The van der Waals surface area contributed by atoms with Crippen LogP contribution in [0.3, 0.4) is 0 Å². The zero-order valence-electron chi connectivity index (χ0n) is 27.2. The highest BCUT2D eigenvalue weighted by Gasteiger charge is 2.29. The van der Waals surface area contributed by atoms with E-state index in [0.29, 0.717) is 0 Å². The molecule has 2 heterocycles. The van der Waals surface area contributed by atoms with E-state index in [4.69, 9.17) is 8.83 Å². The highest BCUT2D eigenvalue weighted by atomic mass is 16.3. The molecule has 0 bridgehead atoms. The minimum absolute atomic E-state index is 0.907. The summed E-state index contributed by atoms with van der Waals surface area (Å²) in [5, 5.41) is 7.13. The number of para-hydroxylation sites is 2. The van der Waals surface area contributed by atoms with Crippen molar-refractivity contribution in [1.82, 2.24) is 0 Å². The van der Waals surface area contributed by atoms with Gasteiger partial charge in [0.25, 0.3) is 0 Å². The molecule has 0 atom stereocenters. The lowest BCUT2D eigenvalue weighted by atomic mass is 9.79. The molecule has 11 rings (SSSR count). The Morgan fingerprint density at radius 2 is 0.920 bits per heavy atom. The van der Waals surface area contributed by atoms with Gasteiger partial charge in [-0.3, -0.25) is 0 Å². The molecular weight excluding hydrogens is 609 g/mol. The maximum atomic E-state index is 6.93. The average Bonchev–Trinajstić information content (AvgIpc) is 3.77. The number of benzene rings is 8. The molecule has 0 amide bonds. The van der Waals surface area contributed by atoms with E-state index >= 15 is 0 Å². The minimum atomic E-state index is 0.907. The van der Waals surface area contributed by atoms with Crippen molar-refractivity contribution in [3.63, 3.8) is 0 Å². The van der Waals surface area contributed by atoms with Crippen molar-refractivity contribution in [3.05, 3.63) is 169 Å². The SMILES string of the molecule is c1ccc(-c2cc3c(c4c2oc2ccccc24)-c2c(cc(-c4ccc(-c5ccc6ccccc6c5)cc4)c4c2oc2ccccc24)CC3)cc1. The Kier molecular flexibility index (Phi) is 5.82. The lowest BCUT2D eigenvalue weighted by molar-refractivity contribution is 0.668. The fraction of sp³-hybridized carbons (Fsp3) is 0.0417. The zero-order valence-corrected chi connectivity index (χ0v) is 27.2. The highest BCUT2D eigenvalue weighted by Crippen LogP contribution is 2.52. The molecule has 0 saturated heterocycles. The Morgan fingerprint density at radius 1 is 0.360 bits per heavy atom. The number of furan rings is 2. The van der Waals surface area contributed by atoms with Gasteiger partial charge in [-0.15, -0.1) is 0 Å². The van der Waals surface area contributed by atoms with Crippen LogP contribution in [0.1, 0.15) is 11.1 Å². The summed E-state index contributed by atoms with van der Waals surface area (Å²) in [4.78, 5) is 0. The van der Waals surface area contributed by atoms with E-state index in [-0.39, 0.29) is 0 Å². The lowest BCUT2D eigenvalue weighted by Gasteiger charge is -2.24. The summed E-state index contributed by atoms with van der Waals surface area (Å²) in [6.45, 7) is 0. The highest BCUT2D eigenvalue weighted by molar-refractivity contribution is 6.23.